The van der Waals surface area contributed by atoms with Crippen molar-refractivity contribution in [3.63, 3.8) is 0 Å². The van der Waals surface area contributed by atoms with Crippen LogP contribution >= 0.6 is 0 Å². The van der Waals surface area contributed by atoms with E-state index in [1.165, 1.54) is 25.3 Å². The van der Waals surface area contributed by atoms with Crippen LogP contribution in [0, 0.1) is 11.2 Å². The monoisotopic (exact) mass is 280 g/mol. The summed E-state index contributed by atoms with van der Waals surface area (Å²) >= 11 is 0. The number of rotatable bonds is 4. The molecule has 0 atom stereocenters. The second-order valence-electron chi connectivity index (χ2n) is 5.18. The molecule has 0 aromatic heterocycles. The lowest BCUT2D eigenvalue weighted by Crippen LogP contribution is -2.44. The molecule has 1 aromatic rings. The zero-order valence-corrected chi connectivity index (χ0v) is 12.0. The summed E-state index contributed by atoms with van der Waals surface area (Å²) < 4.78 is 18.8. The molecule has 5 heteroatoms. The molecule has 2 N–H and O–H groups in total. The SMILES string of the molecule is CCC1(C(=O)Nc2cc(OC)ccc2F)CCNCC1. The van der Waals surface area contributed by atoms with Crippen LogP contribution in [0.2, 0.25) is 0 Å². The van der Waals surface area contributed by atoms with Crippen LogP contribution < -0.4 is 15.4 Å². The predicted octanol–water partition coefficient (Wildman–Crippen LogP) is 2.55. The highest BCUT2D eigenvalue weighted by Crippen LogP contribution is 2.34. The summed E-state index contributed by atoms with van der Waals surface area (Å²) in [6, 6.07) is 4.35. The quantitative estimate of drug-likeness (QED) is 0.891. The van der Waals surface area contributed by atoms with Crippen LogP contribution in [0.5, 0.6) is 5.75 Å². The average molecular weight is 280 g/mol. The summed E-state index contributed by atoms with van der Waals surface area (Å²) in [7, 11) is 1.51. The lowest BCUT2D eigenvalue weighted by Gasteiger charge is -2.35. The Bertz CT molecular complexity index is 485. The molecule has 110 valence electrons. The van der Waals surface area contributed by atoms with E-state index >= 15 is 0 Å². The predicted molar refractivity (Wildman–Crippen MR) is 76.4 cm³/mol. The van der Waals surface area contributed by atoms with Crippen molar-refractivity contribution in [1.82, 2.24) is 5.32 Å². The van der Waals surface area contributed by atoms with Gasteiger partial charge in [0.1, 0.15) is 11.6 Å². The standard InChI is InChI=1S/C15H21FN2O2/c1-3-15(6-8-17-9-7-15)14(19)18-13-10-11(20-2)4-5-12(13)16/h4-5,10,17H,3,6-9H2,1-2H3,(H,18,19). The molecule has 0 unspecified atom stereocenters. The van der Waals surface area contributed by atoms with Gasteiger partial charge in [-0.25, -0.2) is 4.39 Å². The zero-order chi connectivity index (χ0) is 14.6. The van der Waals surface area contributed by atoms with Crippen molar-refractivity contribution in [1.29, 1.82) is 0 Å². The van der Waals surface area contributed by atoms with Crippen molar-refractivity contribution in [2.75, 3.05) is 25.5 Å². The highest BCUT2D eigenvalue weighted by atomic mass is 19.1. The molecule has 0 aliphatic carbocycles. The van der Waals surface area contributed by atoms with Crippen LogP contribution in [0.15, 0.2) is 18.2 Å². The van der Waals surface area contributed by atoms with Gasteiger partial charge >= 0.3 is 0 Å². The van der Waals surface area contributed by atoms with Gasteiger partial charge in [0.2, 0.25) is 5.91 Å². The third kappa shape index (κ3) is 2.93. The Labute approximate surface area is 118 Å². The van der Waals surface area contributed by atoms with Crippen molar-refractivity contribution >= 4 is 11.6 Å². The van der Waals surface area contributed by atoms with Crippen LogP contribution in [0.3, 0.4) is 0 Å². The van der Waals surface area contributed by atoms with E-state index in [4.69, 9.17) is 4.74 Å². The number of methoxy groups -OCH3 is 1. The number of hydrogen-bond acceptors (Lipinski definition) is 3. The van der Waals surface area contributed by atoms with Crippen molar-refractivity contribution in [3.8, 4) is 5.75 Å². The molecule has 1 fully saturated rings. The third-order valence-corrected chi connectivity index (χ3v) is 4.14. The summed E-state index contributed by atoms with van der Waals surface area (Å²) in [6.45, 7) is 3.65. The van der Waals surface area contributed by atoms with Gasteiger partial charge in [-0.05, 0) is 44.5 Å². The van der Waals surface area contributed by atoms with Crippen molar-refractivity contribution in [2.24, 2.45) is 5.41 Å². The number of amides is 1. The number of ether oxygens (including phenoxy) is 1. The van der Waals surface area contributed by atoms with E-state index in [-0.39, 0.29) is 11.6 Å². The highest BCUT2D eigenvalue weighted by Gasteiger charge is 2.37. The van der Waals surface area contributed by atoms with Gasteiger partial charge in [0.15, 0.2) is 0 Å². The number of carbonyl (C=O) groups is 1. The van der Waals surface area contributed by atoms with Crippen molar-refractivity contribution < 1.29 is 13.9 Å². The zero-order valence-electron chi connectivity index (χ0n) is 12.0. The molecular weight excluding hydrogens is 259 g/mol. The number of halogens is 1. The van der Waals surface area contributed by atoms with Crippen LogP contribution in [-0.2, 0) is 4.79 Å². The van der Waals surface area contributed by atoms with Crippen LogP contribution in [-0.4, -0.2) is 26.1 Å². The second-order valence-corrected chi connectivity index (χ2v) is 5.18. The Morgan fingerprint density at radius 1 is 1.45 bits per heavy atom. The lowest BCUT2D eigenvalue weighted by molar-refractivity contribution is -0.127. The average Bonchev–Trinajstić information content (AvgIpc) is 2.50. The normalized spacial score (nSPS) is 17.6. The number of carbonyl (C=O) groups excluding carboxylic acids is 1. The highest BCUT2D eigenvalue weighted by molar-refractivity contribution is 5.95. The number of nitrogens with one attached hydrogen (secondary N) is 2. The van der Waals surface area contributed by atoms with Crippen molar-refractivity contribution in [3.05, 3.63) is 24.0 Å². The molecule has 0 spiro atoms. The molecule has 0 saturated carbocycles. The largest absolute Gasteiger partial charge is 0.497 e. The smallest absolute Gasteiger partial charge is 0.230 e. The minimum Gasteiger partial charge on any atom is -0.497 e. The molecule has 1 aliphatic rings. The van der Waals surface area contributed by atoms with E-state index in [1.807, 2.05) is 6.92 Å². The second kappa shape index (κ2) is 6.22. The van der Waals surface area contributed by atoms with Crippen LogP contribution in [0.25, 0.3) is 0 Å². The Hall–Kier alpha value is -1.62. The van der Waals surface area contributed by atoms with E-state index in [9.17, 15) is 9.18 Å². The van der Waals surface area contributed by atoms with E-state index in [0.29, 0.717) is 5.75 Å². The van der Waals surface area contributed by atoms with E-state index in [1.54, 1.807) is 0 Å². The van der Waals surface area contributed by atoms with Gasteiger partial charge in [0, 0.05) is 6.07 Å². The molecule has 1 amide bonds. The topological polar surface area (TPSA) is 50.4 Å². The first-order chi connectivity index (χ1) is 9.61. The molecule has 20 heavy (non-hydrogen) atoms. The maximum atomic E-state index is 13.8. The molecule has 1 aliphatic heterocycles. The molecule has 4 nitrogen and oxygen atoms in total. The summed E-state index contributed by atoms with van der Waals surface area (Å²) in [6.07, 6.45) is 2.31. The first kappa shape index (κ1) is 14.8. The molecule has 0 radical (unpaired) electrons. The summed E-state index contributed by atoms with van der Waals surface area (Å²) in [5.41, 5.74) is -0.221. The van der Waals surface area contributed by atoms with Gasteiger partial charge in [-0.1, -0.05) is 6.92 Å². The van der Waals surface area contributed by atoms with E-state index < -0.39 is 11.2 Å². The van der Waals surface area contributed by atoms with E-state index in [2.05, 4.69) is 10.6 Å². The molecule has 1 heterocycles. The minimum absolute atomic E-state index is 0.103. The van der Waals surface area contributed by atoms with Crippen LogP contribution in [0.4, 0.5) is 10.1 Å². The molecule has 0 bridgehead atoms. The Morgan fingerprint density at radius 3 is 2.75 bits per heavy atom. The van der Waals surface area contributed by atoms with Gasteiger partial charge < -0.3 is 15.4 Å². The third-order valence-electron chi connectivity index (χ3n) is 4.14. The number of benzene rings is 1. The molecule has 2 rings (SSSR count). The fourth-order valence-electron chi connectivity index (χ4n) is 2.63. The maximum Gasteiger partial charge on any atom is 0.230 e. The van der Waals surface area contributed by atoms with Crippen molar-refractivity contribution in [2.45, 2.75) is 26.2 Å². The summed E-state index contributed by atoms with van der Waals surface area (Å²) in [4.78, 5) is 12.5. The van der Waals surface area contributed by atoms with Gasteiger partial charge in [0.25, 0.3) is 0 Å². The Morgan fingerprint density at radius 2 is 2.15 bits per heavy atom. The fourth-order valence-corrected chi connectivity index (χ4v) is 2.63. The summed E-state index contributed by atoms with van der Waals surface area (Å²) in [5.74, 6) is -0.0226. The Kier molecular flexibility index (Phi) is 4.60. The number of piperidine rings is 1. The van der Waals surface area contributed by atoms with Crippen LogP contribution in [0.1, 0.15) is 26.2 Å². The maximum absolute atomic E-state index is 13.8. The Balaban J connectivity index is 2.18. The van der Waals surface area contributed by atoms with E-state index in [0.717, 1.165) is 32.4 Å². The minimum atomic E-state index is -0.445. The molecule has 1 aromatic carbocycles. The fraction of sp³-hybridized carbons (Fsp3) is 0.533. The summed E-state index contributed by atoms with van der Waals surface area (Å²) in [5, 5.41) is 5.97. The first-order valence-corrected chi connectivity index (χ1v) is 6.97. The lowest BCUT2D eigenvalue weighted by atomic mass is 9.76. The molecular formula is C15H21FN2O2. The van der Waals surface area contributed by atoms with Gasteiger partial charge in [-0.2, -0.15) is 0 Å². The van der Waals surface area contributed by atoms with Gasteiger partial charge in [-0.3, -0.25) is 4.79 Å². The van der Waals surface area contributed by atoms with Gasteiger partial charge in [-0.15, -0.1) is 0 Å². The number of anilines is 1. The first-order valence-electron chi connectivity index (χ1n) is 6.97. The van der Waals surface area contributed by atoms with Gasteiger partial charge in [0.05, 0.1) is 18.2 Å². The number of hydrogen-bond donors (Lipinski definition) is 2. The molecule has 1 saturated heterocycles.